The molecule has 2 aromatic heterocycles. The Morgan fingerprint density at radius 2 is 1.86 bits per heavy atom. The Bertz CT molecular complexity index is 1140. The van der Waals surface area contributed by atoms with Gasteiger partial charge in [0, 0.05) is 0 Å². The molecule has 0 aliphatic heterocycles. The summed E-state index contributed by atoms with van der Waals surface area (Å²) in [6.45, 7) is 0.443. The largest absolute Gasteiger partial charge is 0.497 e. The van der Waals surface area contributed by atoms with Gasteiger partial charge in [-0.25, -0.2) is 9.36 Å². The van der Waals surface area contributed by atoms with Crippen LogP contribution in [0.15, 0.2) is 54.7 Å². The van der Waals surface area contributed by atoms with Gasteiger partial charge in [-0.3, -0.25) is 0 Å². The molecular weight excluding hydrogens is 378 g/mol. The molecule has 0 saturated heterocycles. The maximum Gasteiger partial charge on any atom is 0.187 e. The number of aromatic nitrogens is 6. The molecular formula is C19H14ClN7O. The van der Waals surface area contributed by atoms with Crippen LogP contribution in [0.25, 0.3) is 17.1 Å². The van der Waals surface area contributed by atoms with Crippen molar-refractivity contribution in [2.24, 2.45) is 0 Å². The van der Waals surface area contributed by atoms with Crippen LogP contribution in [0.1, 0.15) is 11.1 Å². The lowest BCUT2D eigenvalue weighted by Gasteiger charge is -2.06. The Morgan fingerprint density at radius 3 is 2.54 bits per heavy atom. The highest BCUT2D eigenvalue weighted by molar-refractivity contribution is 6.32. The van der Waals surface area contributed by atoms with Crippen LogP contribution >= 0.6 is 11.6 Å². The summed E-state index contributed by atoms with van der Waals surface area (Å²) in [5.41, 5.74) is 2.98. The van der Waals surface area contributed by atoms with Gasteiger partial charge >= 0.3 is 0 Å². The number of methoxy groups -OCH3 is 1. The maximum absolute atomic E-state index is 8.92. The second kappa shape index (κ2) is 7.50. The van der Waals surface area contributed by atoms with Crippen LogP contribution in [0.5, 0.6) is 5.75 Å². The zero-order valence-electron chi connectivity index (χ0n) is 14.8. The fourth-order valence-electron chi connectivity index (χ4n) is 2.75. The molecule has 9 heteroatoms. The summed E-state index contributed by atoms with van der Waals surface area (Å²) in [5.74, 6) is 1.26. The van der Waals surface area contributed by atoms with Crippen molar-refractivity contribution in [1.29, 1.82) is 5.26 Å². The minimum atomic E-state index is 0.404. The van der Waals surface area contributed by atoms with E-state index in [0.717, 1.165) is 17.0 Å². The first-order chi connectivity index (χ1) is 13.7. The molecule has 2 aromatic carbocycles. The highest BCUT2D eigenvalue weighted by Crippen LogP contribution is 2.28. The van der Waals surface area contributed by atoms with Crippen molar-refractivity contribution >= 4 is 11.6 Å². The number of nitrogens with zero attached hydrogens (tertiary/aromatic N) is 7. The molecule has 0 saturated carbocycles. The van der Waals surface area contributed by atoms with Gasteiger partial charge in [-0.05, 0) is 52.4 Å². The molecule has 8 nitrogen and oxygen atoms in total. The van der Waals surface area contributed by atoms with Crippen molar-refractivity contribution in [2.45, 2.75) is 6.54 Å². The van der Waals surface area contributed by atoms with Gasteiger partial charge in [0.1, 0.15) is 10.9 Å². The first-order valence-corrected chi connectivity index (χ1v) is 8.71. The van der Waals surface area contributed by atoms with Gasteiger partial charge < -0.3 is 4.74 Å². The second-order valence-electron chi connectivity index (χ2n) is 5.93. The second-order valence-corrected chi connectivity index (χ2v) is 6.29. The van der Waals surface area contributed by atoms with E-state index >= 15 is 0 Å². The summed E-state index contributed by atoms with van der Waals surface area (Å²) in [6, 6.07) is 16.7. The molecule has 138 valence electrons. The van der Waals surface area contributed by atoms with Crippen molar-refractivity contribution < 1.29 is 4.74 Å². The molecule has 0 unspecified atom stereocenters. The molecule has 0 spiro atoms. The van der Waals surface area contributed by atoms with Crippen LogP contribution in [0, 0.1) is 11.3 Å². The van der Waals surface area contributed by atoms with Crippen LogP contribution in [0.4, 0.5) is 0 Å². The molecule has 2 heterocycles. The molecule has 0 N–H and O–H groups in total. The summed E-state index contributed by atoms with van der Waals surface area (Å²) in [6.07, 6.45) is 1.63. The number of ether oxygens (including phenoxy) is 1. The minimum Gasteiger partial charge on any atom is -0.497 e. The van der Waals surface area contributed by atoms with E-state index in [-0.39, 0.29) is 0 Å². The Kier molecular flexibility index (Phi) is 4.74. The fourth-order valence-corrected chi connectivity index (χ4v) is 3.02. The van der Waals surface area contributed by atoms with E-state index in [2.05, 4.69) is 26.7 Å². The number of hydrogen-bond acceptors (Lipinski definition) is 6. The lowest BCUT2D eigenvalue weighted by atomic mass is 10.1. The van der Waals surface area contributed by atoms with E-state index in [1.54, 1.807) is 34.8 Å². The SMILES string of the molecule is COc1ccc(-n2ncc(-c3nnnn3Cc3ccc(C#N)cc3)c2Cl)cc1. The zero-order chi connectivity index (χ0) is 19.5. The Labute approximate surface area is 165 Å². The Balaban J connectivity index is 1.64. The highest BCUT2D eigenvalue weighted by Gasteiger charge is 2.18. The standard InChI is InChI=1S/C19H14ClN7O/c1-28-16-8-6-15(7-9-16)27-18(20)17(11-22-27)19-23-24-25-26(19)12-14-4-2-13(10-21)3-5-14/h2-9,11H,12H2,1H3. The van der Waals surface area contributed by atoms with E-state index in [4.69, 9.17) is 21.6 Å². The topological polar surface area (TPSA) is 94.4 Å². The molecule has 28 heavy (non-hydrogen) atoms. The molecule has 4 rings (SSSR count). The first kappa shape index (κ1) is 17.7. The molecule has 4 aromatic rings. The molecule has 0 aliphatic rings. The normalized spacial score (nSPS) is 10.6. The van der Waals surface area contributed by atoms with Crippen molar-refractivity contribution in [2.75, 3.05) is 7.11 Å². The Hall–Kier alpha value is -3.70. The van der Waals surface area contributed by atoms with E-state index in [1.165, 1.54) is 0 Å². The summed E-state index contributed by atoms with van der Waals surface area (Å²) in [4.78, 5) is 0. The highest BCUT2D eigenvalue weighted by atomic mass is 35.5. The average Bonchev–Trinajstić information content (AvgIpc) is 3.34. The van der Waals surface area contributed by atoms with Crippen LogP contribution in [0.3, 0.4) is 0 Å². The number of hydrogen-bond donors (Lipinski definition) is 0. The molecule has 0 bridgehead atoms. The van der Waals surface area contributed by atoms with Crippen LogP contribution in [-0.2, 0) is 6.54 Å². The number of benzene rings is 2. The summed E-state index contributed by atoms with van der Waals surface area (Å²) in [7, 11) is 1.61. The summed E-state index contributed by atoms with van der Waals surface area (Å²) in [5, 5.41) is 25.6. The summed E-state index contributed by atoms with van der Waals surface area (Å²) < 4.78 is 8.43. The van der Waals surface area contributed by atoms with Crippen molar-refractivity contribution in [1.82, 2.24) is 30.0 Å². The molecule has 0 amide bonds. The number of rotatable bonds is 5. The molecule has 0 aliphatic carbocycles. The van der Waals surface area contributed by atoms with Gasteiger partial charge in [0.05, 0.1) is 42.7 Å². The Morgan fingerprint density at radius 1 is 1.11 bits per heavy atom. The smallest absolute Gasteiger partial charge is 0.187 e. The van der Waals surface area contributed by atoms with E-state index in [0.29, 0.717) is 28.6 Å². The predicted molar refractivity (Wildman–Crippen MR) is 102 cm³/mol. The molecule has 0 atom stereocenters. The average molecular weight is 392 g/mol. The third-order valence-electron chi connectivity index (χ3n) is 4.22. The third-order valence-corrected chi connectivity index (χ3v) is 4.58. The van der Waals surface area contributed by atoms with Gasteiger partial charge in [0.25, 0.3) is 0 Å². The lowest BCUT2D eigenvalue weighted by molar-refractivity contribution is 0.414. The van der Waals surface area contributed by atoms with Crippen molar-refractivity contribution in [3.8, 4) is 28.9 Å². The van der Waals surface area contributed by atoms with Crippen LogP contribution < -0.4 is 4.74 Å². The van der Waals surface area contributed by atoms with Crippen LogP contribution in [0.2, 0.25) is 5.15 Å². The van der Waals surface area contributed by atoms with Crippen molar-refractivity contribution in [3.63, 3.8) is 0 Å². The van der Waals surface area contributed by atoms with Crippen LogP contribution in [-0.4, -0.2) is 37.1 Å². The van der Waals surface area contributed by atoms with Gasteiger partial charge in [-0.15, -0.1) is 5.10 Å². The van der Waals surface area contributed by atoms with E-state index in [1.807, 2.05) is 36.4 Å². The van der Waals surface area contributed by atoms with Crippen molar-refractivity contribution in [3.05, 3.63) is 71.0 Å². The quantitative estimate of drug-likeness (QED) is 0.518. The maximum atomic E-state index is 8.92. The number of halogens is 1. The predicted octanol–water partition coefficient (Wildman–Crippen LogP) is 3.11. The summed E-state index contributed by atoms with van der Waals surface area (Å²) >= 11 is 6.56. The fraction of sp³-hybridized carbons (Fsp3) is 0.105. The lowest BCUT2D eigenvalue weighted by Crippen LogP contribution is -2.04. The minimum absolute atomic E-state index is 0.404. The van der Waals surface area contributed by atoms with Gasteiger partial charge in [-0.2, -0.15) is 10.4 Å². The van der Waals surface area contributed by atoms with Gasteiger partial charge in [-0.1, -0.05) is 23.7 Å². The monoisotopic (exact) mass is 391 g/mol. The number of tetrazole rings is 1. The zero-order valence-corrected chi connectivity index (χ0v) is 15.6. The van der Waals surface area contributed by atoms with Gasteiger partial charge in [0.15, 0.2) is 5.82 Å². The van der Waals surface area contributed by atoms with E-state index < -0.39 is 0 Å². The molecule has 0 radical (unpaired) electrons. The third kappa shape index (κ3) is 3.31. The van der Waals surface area contributed by atoms with Gasteiger partial charge in [0.2, 0.25) is 0 Å². The first-order valence-electron chi connectivity index (χ1n) is 8.33. The van der Waals surface area contributed by atoms with E-state index in [9.17, 15) is 0 Å². The number of nitriles is 1. The molecule has 0 fully saturated rings.